The maximum atomic E-state index is 3.73. The highest BCUT2D eigenvalue weighted by molar-refractivity contribution is 5.70. The molecule has 1 heterocycles. The van der Waals surface area contributed by atoms with Crippen LogP contribution in [0.2, 0.25) is 0 Å². The second kappa shape index (κ2) is 6.51. The fourth-order valence-corrected chi connectivity index (χ4v) is 3.64. The summed E-state index contributed by atoms with van der Waals surface area (Å²) >= 11 is 0. The summed E-state index contributed by atoms with van der Waals surface area (Å²) in [7, 11) is 0. The first-order valence-electron chi connectivity index (χ1n) is 8.41. The van der Waals surface area contributed by atoms with E-state index >= 15 is 0 Å². The lowest BCUT2D eigenvalue weighted by Crippen LogP contribution is -2.23. The first kappa shape index (κ1) is 13.8. The Morgan fingerprint density at radius 3 is 2.50 bits per heavy atom. The molecule has 2 fully saturated rings. The largest absolute Gasteiger partial charge is 0.383 e. The summed E-state index contributed by atoms with van der Waals surface area (Å²) in [5.74, 6) is 1.82. The summed E-state index contributed by atoms with van der Waals surface area (Å²) in [5.41, 5.74) is 2.75. The molecule has 0 atom stereocenters. The number of benzene rings is 1. The molecule has 1 saturated heterocycles. The fourth-order valence-electron chi connectivity index (χ4n) is 3.64. The molecule has 0 amide bonds. The molecule has 0 unspecified atom stereocenters. The van der Waals surface area contributed by atoms with Gasteiger partial charge < -0.3 is 10.2 Å². The van der Waals surface area contributed by atoms with E-state index in [1.807, 2.05) is 0 Å². The molecule has 1 aromatic carbocycles. The van der Waals surface area contributed by atoms with Crippen molar-refractivity contribution in [3.8, 4) is 0 Å². The van der Waals surface area contributed by atoms with Crippen LogP contribution in [-0.4, -0.2) is 19.6 Å². The number of nitrogens with zero attached hydrogens (tertiary/aromatic N) is 1. The van der Waals surface area contributed by atoms with E-state index in [0.29, 0.717) is 0 Å². The van der Waals surface area contributed by atoms with Gasteiger partial charge in [0, 0.05) is 19.6 Å². The zero-order chi connectivity index (χ0) is 13.8. The molecule has 0 spiro atoms. The van der Waals surface area contributed by atoms with Crippen LogP contribution in [0.5, 0.6) is 0 Å². The predicted octanol–water partition coefficient (Wildman–Crippen LogP) is 4.53. The van der Waals surface area contributed by atoms with Crippen LogP contribution in [0.1, 0.15) is 45.4 Å². The van der Waals surface area contributed by atoms with Crippen molar-refractivity contribution in [1.82, 2.24) is 0 Å². The maximum absolute atomic E-state index is 3.73. The van der Waals surface area contributed by atoms with Gasteiger partial charge in [-0.2, -0.15) is 0 Å². The monoisotopic (exact) mass is 272 g/mol. The van der Waals surface area contributed by atoms with E-state index in [4.69, 9.17) is 0 Å². The van der Waals surface area contributed by atoms with Gasteiger partial charge in [-0.1, -0.05) is 31.9 Å². The summed E-state index contributed by atoms with van der Waals surface area (Å²) < 4.78 is 0. The van der Waals surface area contributed by atoms with Crippen LogP contribution in [0.3, 0.4) is 0 Å². The fraction of sp³-hybridized carbons (Fsp3) is 0.667. The molecule has 1 aliphatic heterocycles. The van der Waals surface area contributed by atoms with Gasteiger partial charge in [-0.05, 0) is 49.7 Å². The van der Waals surface area contributed by atoms with E-state index in [2.05, 4.69) is 41.4 Å². The van der Waals surface area contributed by atoms with Gasteiger partial charge in [0.05, 0.1) is 11.4 Å². The van der Waals surface area contributed by atoms with Crippen LogP contribution in [0.4, 0.5) is 11.4 Å². The van der Waals surface area contributed by atoms with E-state index in [0.717, 1.165) is 18.4 Å². The van der Waals surface area contributed by atoms with Gasteiger partial charge in [0.25, 0.3) is 0 Å². The molecular formula is C18H28N2. The number of nitrogens with one attached hydrogen (secondary N) is 1. The van der Waals surface area contributed by atoms with E-state index in [-0.39, 0.29) is 0 Å². The van der Waals surface area contributed by atoms with Crippen LogP contribution in [-0.2, 0) is 0 Å². The highest BCUT2D eigenvalue weighted by Gasteiger charge is 2.19. The van der Waals surface area contributed by atoms with Crippen molar-refractivity contribution in [2.24, 2.45) is 11.8 Å². The van der Waals surface area contributed by atoms with Gasteiger partial charge in [-0.15, -0.1) is 0 Å². The van der Waals surface area contributed by atoms with Crippen molar-refractivity contribution < 1.29 is 0 Å². The molecule has 20 heavy (non-hydrogen) atoms. The summed E-state index contributed by atoms with van der Waals surface area (Å²) in [6.07, 6.45) is 8.32. The average molecular weight is 272 g/mol. The zero-order valence-electron chi connectivity index (χ0n) is 12.8. The van der Waals surface area contributed by atoms with Gasteiger partial charge in [-0.3, -0.25) is 0 Å². The van der Waals surface area contributed by atoms with Gasteiger partial charge in [0.2, 0.25) is 0 Å². The van der Waals surface area contributed by atoms with Crippen LogP contribution in [0.25, 0.3) is 0 Å². The summed E-state index contributed by atoms with van der Waals surface area (Å²) in [6, 6.07) is 8.85. The standard InChI is InChI=1S/C18H28N2/c1-15-8-10-16(11-9-15)14-19-17-6-2-3-7-18(17)20-12-4-5-13-20/h2-3,6-7,15-16,19H,4-5,8-14H2,1H3. The van der Waals surface area contributed by atoms with Crippen LogP contribution < -0.4 is 10.2 Å². The maximum Gasteiger partial charge on any atom is 0.0602 e. The van der Waals surface area contributed by atoms with Crippen molar-refractivity contribution in [2.45, 2.75) is 45.4 Å². The third-order valence-corrected chi connectivity index (χ3v) is 5.07. The van der Waals surface area contributed by atoms with Crippen LogP contribution >= 0.6 is 0 Å². The molecule has 110 valence electrons. The predicted molar refractivity (Wildman–Crippen MR) is 87.5 cm³/mol. The Morgan fingerprint density at radius 2 is 1.75 bits per heavy atom. The van der Waals surface area contributed by atoms with Gasteiger partial charge in [0.1, 0.15) is 0 Å². The molecule has 2 nitrogen and oxygen atoms in total. The molecule has 1 aliphatic carbocycles. The zero-order valence-corrected chi connectivity index (χ0v) is 12.8. The lowest BCUT2D eigenvalue weighted by molar-refractivity contribution is 0.300. The third kappa shape index (κ3) is 3.28. The molecule has 0 bridgehead atoms. The minimum atomic E-state index is 0.873. The Bertz CT molecular complexity index is 415. The average Bonchev–Trinajstić information content (AvgIpc) is 3.01. The second-order valence-corrected chi connectivity index (χ2v) is 6.72. The third-order valence-electron chi connectivity index (χ3n) is 5.07. The first-order valence-corrected chi connectivity index (χ1v) is 8.41. The Morgan fingerprint density at radius 1 is 1.05 bits per heavy atom. The molecule has 0 aromatic heterocycles. The van der Waals surface area contributed by atoms with Crippen molar-refractivity contribution in [1.29, 1.82) is 0 Å². The topological polar surface area (TPSA) is 15.3 Å². The molecule has 1 N–H and O–H groups in total. The minimum Gasteiger partial charge on any atom is -0.383 e. The Kier molecular flexibility index (Phi) is 4.49. The second-order valence-electron chi connectivity index (χ2n) is 6.72. The molecule has 0 radical (unpaired) electrons. The minimum absolute atomic E-state index is 0.873. The van der Waals surface area contributed by atoms with Crippen LogP contribution in [0, 0.1) is 11.8 Å². The number of rotatable bonds is 4. The SMILES string of the molecule is CC1CCC(CNc2ccccc2N2CCCC2)CC1. The molecule has 1 saturated carbocycles. The van der Waals surface area contributed by atoms with E-state index in [1.54, 1.807) is 0 Å². The van der Waals surface area contributed by atoms with Crippen LogP contribution in [0.15, 0.2) is 24.3 Å². The quantitative estimate of drug-likeness (QED) is 0.866. The Labute approximate surface area is 123 Å². The van der Waals surface area contributed by atoms with Gasteiger partial charge in [-0.25, -0.2) is 0 Å². The number of anilines is 2. The molecule has 3 rings (SSSR count). The summed E-state index contributed by atoms with van der Waals surface area (Å²) in [4.78, 5) is 2.53. The smallest absolute Gasteiger partial charge is 0.0602 e. The molecule has 1 aromatic rings. The van der Waals surface area contributed by atoms with Crippen molar-refractivity contribution in [3.05, 3.63) is 24.3 Å². The summed E-state index contributed by atoms with van der Waals surface area (Å²) in [5, 5.41) is 3.73. The van der Waals surface area contributed by atoms with E-state index in [1.165, 1.54) is 63.0 Å². The van der Waals surface area contributed by atoms with Gasteiger partial charge in [0.15, 0.2) is 0 Å². The Hall–Kier alpha value is -1.18. The molecular weight excluding hydrogens is 244 g/mol. The number of hydrogen-bond acceptors (Lipinski definition) is 2. The molecule has 2 heteroatoms. The van der Waals surface area contributed by atoms with Crippen molar-refractivity contribution in [3.63, 3.8) is 0 Å². The lowest BCUT2D eigenvalue weighted by Gasteiger charge is -2.28. The van der Waals surface area contributed by atoms with Gasteiger partial charge >= 0.3 is 0 Å². The van der Waals surface area contributed by atoms with E-state index < -0.39 is 0 Å². The normalized spacial score (nSPS) is 26.8. The van der Waals surface area contributed by atoms with Crippen molar-refractivity contribution >= 4 is 11.4 Å². The highest BCUT2D eigenvalue weighted by Crippen LogP contribution is 2.31. The Balaban J connectivity index is 1.59. The van der Waals surface area contributed by atoms with E-state index in [9.17, 15) is 0 Å². The lowest BCUT2D eigenvalue weighted by atomic mass is 9.83. The molecule has 2 aliphatic rings. The summed E-state index contributed by atoms with van der Waals surface area (Å²) in [6.45, 7) is 5.99. The first-order chi connectivity index (χ1) is 9.83. The number of hydrogen-bond donors (Lipinski definition) is 1. The number of para-hydroxylation sites is 2. The van der Waals surface area contributed by atoms with Crippen molar-refractivity contribution in [2.75, 3.05) is 29.9 Å². The highest BCUT2D eigenvalue weighted by atomic mass is 15.2.